The molecule has 18 heavy (non-hydrogen) atoms. The topological polar surface area (TPSA) is 65.8 Å². The summed E-state index contributed by atoms with van der Waals surface area (Å²) in [6.45, 7) is 0. The van der Waals surface area contributed by atoms with Gasteiger partial charge in [-0.2, -0.15) is 5.26 Å². The van der Waals surface area contributed by atoms with Gasteiger partial charge in [-0.1, -0.05) is 23.9 Å². The van der Waals surface area contributed by atoms with E-state index in [1.165, 1.54) is 11.8 Å². The zero-order chi connectivity index (χ0) is 12.8. The third-order valence-corrected chi connectivity index (χ3v) is 3.29. The molecule has 4 nitrogen and oxygen atoms in total. The van der Waals surface area contributed by atoms with E-state index in [-0.39, 0.29) is 0 Å². The molecule has 1 heterocycles. The van der Waals surface area contributed by atoms with Gasteiger partial charge in [0.1, 0.15) is 11.1 Å². The van der Waals surface area contributed by atoms with Crippen LogP contribution >= 0.6 is 11.8 Å². The number of hydrogen-bond acceptors (Lipinski definition) is 4. The molecule has 1 aromatic heterocycles. The number of para-hydroxylation sites is 1. The maximum Gasteiger partial charge on any atom is 0.211 e. The number of benzene rings is 1. The molecule has 0 unspecified atom stereocenters. The fourth-order valence-electron chi connectivity index (χ4n) is 1.40. The van der Waals surface area contributed by atoms with Crippen LogP contribution in [0.3, 0.4) is 0 Å². The molecule has 1 N–H and O–H groups in total. The molecule has 1 aromatic carbocycles. The molecule has 0 spiro atoms. The summed E-state index contributed by atoms with van der Waals surface area (Å²) in [7, 11) is 0. The minimum Gasteiger partial charge on any atom is -0.328 e. The van der Waals surface area contributed by atoms with E-state index < -0.39 is 0 Å². The van der Waals surface area contributed by atoms with Crippen molar-refractivity contribution in [1.82, 2.24) is 4.98 Å². The van der Waals surface area contributed by atoms with Crippen LogP contribution in [0.4, 0.5) is 5.69 Å². The number of pyridine rings is 1. The molecule has 0 atom stereocenters. The summed E-state index contributed by atoms with van der Waals surface area (Å²) >= 11 is 1.35. The van der Waals surface area contributed by atoms with Crippen molar-refractivity contribution in [2.45, 2.75) is 9.92 Å². The van der Waals surface area contributed by atoms with E-state index in [4.69, 9.17) is 5.26 Å². The predicted octanol–water partition coefficient (Wildman–Crippen LogP) is 2.67. The summed E-state index contributed by atoms with van der Waals surface area (Å²) in [6.07, 6.45) is 2.27. The van der Waals surface area contributed by atoms with Crippen LogP contribution in [-0.2, 0) is 4.79 Å². The highest BCUT2D eigenvalue weighted by molar-refractivity contribution is 7.99. The van der Waals surface area contributed by atoms with Gasteiger partial charge in [-0.3, -0.25) is 4.79 Å². The van der Waals surface area contributed by atoms with E-state index in [2.05, 4.69) is 16.4 Å². The lowest BCUT2D eigenvalue weighted by atomic mass is 10.3. The van der Waals surface area contributed by atoms with Crippen LogP contribution in [0.1, 0.15) is 5.56 Å². The summed E-state index contributed by atoms with van der Waals surface area (Å²) in [6, 6.07) is 12.9. The fourth-order valence-corrected chi connectivity index (χ4v) is 2.33. The van der Waals surface area contributed by atoms with Crippen molar-refractivity contribution >= 4 is 23.9 Å². The van der Waals surface area contributed by atoms with Crippen molar-refractivity contribution in [2.75, 3.05) is 5.32 Å². The second kappa shape index (κ2) is 5.84. The number of carbonyl (C=O) groups excluding carboxylic acids is 1. The lowest BCUT2D eigenvalue weighted by Crippen LogP contribution is -1.95. The summed E-state index contributed by atoms with van der Waals surface area (Å²) in [4.78, 5) is 15.5. The number of nitriles is 1. The molecule has 5 heteroatoms. The van der Waals surface area contributed by atoms with E-state index in [0.717, 1.165) is 4.90 Å². The van der Waals surface area contributed by atoms with E-state index in [9.17, 15) is 4.79 Å². The molecular formula is C13H9N3OS. The third-order valence-electron chi connectivity index (χ3n) is 2.20. The van der Waals surface area contributed by atoms with Crippen LogP contribution in [-0.4, -0.2) is 11.4 Å². The Morgan fingerprint density at radius 1 is 1.28 bits per heavy atom. The Morgan fingerprint density at radius 3 is 2.89 bits per heavy atom. The molecule has 0 saturated heterocycles. The van der Waals surface area contributed by atoms with Crippen molar-refractivity contribution in [1.29, 1.82) is 5.26 Å². The molecule has 0 radical (unpaired) electrons. The Hall–Kier alpha value is -2.32. The highest BCUT2D eigenvalue weighted by atomic mass is 32.2. The Morgan fingerprint density at radius 2 is 2.11 bits per heavy atom. The van der Waals surface area contributed by atoms with Crippen molar-refractivity contribution in [3.63, 3.8) is 0 Å². The van der Waals surface area contributed by atoms with E-state index in [0.29, 0.717) is 22.7 Å². The molecule has 88 valence electrons. The average Bonchev–Trinajstić information content (AvgIpc) is 2.42. The van der Waals surface area contributed by atoms with Gasteiger partial charge in [0.15, 0.2) is 0 Å². The number of amides is 1. The first-order valence-electron chi connectivity index (χ1n) is 5.17. The van der Waals surface area contributed by atoms with Crippen LogP contribution in [0, 0.1) is 11.3 Å². The van der Waals surface area contributed by atoms with Crippen LogP contribution in [0.25, 0.3) is 0 Å². The van der Waals surface area contributed by atoms with Gasteiger partial charge < -0.3 is 5.32 Å². The molecule has 2 rings (SSSR count). The second-order valence-electron chi connectivity index (χ2n) is 3.33. The van der Waals surface area contributed by atoms with Crippen LogP contribution in [0.2, 0.25) is 0 Å². The molecule has 0 aliphatic heterocycles. The third kappa shape index (κ3) is 2.67. The Balaban J connectivity index is 2.34. The molecule has 0 aliphatic carbocycles. The van der Waals surface area contributed by atoms with Gasteiger partial charge in [-0.05, 0) is 24.3 Å². The van der Waals surface area contributed by atoms with Gasteiger partial charge in [0.05, 0.1) is 11.3 Å². The standard InChI is InChI=1S/C13H9N3OS/c14-8-10-4-3-7-15-13(10)18-12-6-2-1-5-11(12)16-9-17/h1-7,9H,(H,16,17). The summed E-state index contributed by atoms with van der Waals surface area (Å²) < 4.78 is 0. The van der Waals surface area contributed by atoms with Crippen LogP contribution in [0.5, 0.6) is 0 Å². The Bertz CT molecular complexity index is 607. The summed E-state index contributed by atoms with van der Waals surface area (Å²) in [5, 5.41) is 12.2. The molecule has 0 saturated carbocycles. The highest BCUT2D eigenvalue weighted by Gasteiger charge is 2.08. The summed E-state index contributed by atoms with van der Waals surface area (Å²) in [5.41, 5.74) is 1.22. The van der Waals surface area contributed by atoms with Gasteiger partial charge in [0, 0.05) is 11.1 Å². The number of anilines is 1. The zero-order valence-corrected chi connectivity index (χ0v) is 10.1. The van der Waals surface area contributed by atoms with E-state index >= 15 is 0 Å². The zero-order valence-electron chi connectivity index (χ0n) is 9.33. The van der Waals surface area contributed by atoms with Crippen LogP contribution in [0.15, 0.2) is 52.5 Å². The minimum absolute atomic E-state index is 0.517. The van der Waals surface area contributed by atoms with Gasteiger partial charge in [0.2, 0.25) is 6.41 Å². The molecule has 0 fully saturated rings. The highest BCUT2D eigenvalue weighted by Crippen LogP contribution is 2.33. The normalized spacial score (nSPS) is 9.50. The molecule has 0 aliphatic rings. The predicted molar refractivity (Wildman–Crippen MR) is 69.2 cm³/mol. The van der Waals surface area contributed by atoms with Crippen molar-refractivity contribution in [2.24, 2.45) is 0 Å². The first-order chi connectivity index (χ1) is 8.85. The monoisotopic (exact) mass is 255 g/mol. The number of nitrogens with zero attached hydrogens (tertiary/aromatic N) is 2. The number of nitrogens with one attached hydrogen (secondary N) is 1. The van der Waals surface area contributed by atoms with Crippen molar-refractivity contribution in [3.05, 3.63) is 48.2 Å². The minimum atomic E-state index is 0.517. The quantitative estimate of drug-likeness (QED) is 0.853. The van der Waals surface area contributed by atoms with E-state index in [1.54, 1.807) is 24.4 Å². The first kappa shape index (κ1) is 12.1. The second-order valence-corrected chi connectivity index (χ2v) is 4.36. The molecular weight excluding hydrogens is 246 g/mol. The molecule has 2 aromatic rings. The SMILES string of the molecule is N#Cc1cccnc1Sc1ccccc1NC=O. The average molecular weight is 255 g/mol. The number of hydrogen-bond donors (Lipinski definition) is 1. The summed E-state index contributed by atoms with van der Waals surface area (Å²) in [5.74, 6) is 0. The van der Waals surface area contributed by atoms with Gasteiger partial charge in [-0.15, -0.1) is 0 Å². The van der Waals surface area contributed by atoms with Gasteiger partial charge >= 0.3 is 0 Å². The van der Waals surface area contributed by atoms with Gasteiger partial charge in [0.25, 0.3) is 0 Å². The van der Waals surface area contributed by atoms with Gasteiger partial charge in [-0.25, -0.2) is 4.98 Å². The maximum absolute atomic E-state index is 10.5. The Kier molecular flexibility index (Phi) is 3.94. The molecule has 1 amide bonds. The number of carbonyl (C=O) groups is 1. The lowest BCUT2D eigenvalue weighted by Gasteiger charge is -2.07. The Labute approximate surface area is 109 Å². The fraction of sp³-hybridized carbons (Fsp3) is 0. The largest absolute Gasteiger partial charge is 0.328 e. The number of aromatic nitrogens is 1. The van der Waals surface area contributed by atoms with Crippen molar-refractivity contribution in [3.8, 4) is 6.07 Å². The lowest BCUT2D eigenvalue weighted by molar-refractivity contribution is -0.105. The molecule has 0 bridgehead atoms. The smallest absolute Gasteiger partial charge is 0.211 e. The number of rotatable bonds is 4. The van der Waals surface area contributed by atoms with Crippen molar-refractivity contribution < 1.29 is 4.79 Å². The van der Waals surface area contributed by atoms with E-state index in [1.807, 2.05) is 18.2 Å². The van der Waals surface area contributed by atoms with Crippen LogP contribution < -0.4 is 5.32 Å². The maximum atomic E-state index is 10.5. The first-order valence-corrected chi connectivity index (χ1v) is 5.99.